The molecule has 0 fully saturated rings. The van der Waals surface area contributed by atoms with Crippen LogP contribution in [0.15, 0.2) is 26.9 Å². The van der Waals surface area contributed by atoms with Crippen LogP contribution < -0.4 is 11.1 Å². The molecule has 0 bridgehead atoms. The van der Waals surface area contributed by atoms with Crippen molar-refractivity contribution in [3.63, 3.8) is 0 Å². The van der Waals surface area contributed by atoms with Crippen LogP contribution in [0.1, 0.15) is 0 Å². The summed E-state index contributed by atoms with van der Waals surface area (Å²) >= 11 is 25.3. The minimum atomic E-state index is 0.377. The molecule has 0 saturated heterocycles. The highest BCUT2D eigenvalue weighted by atomic mass is 35.5. The van der Waals surface area contributed by atoms with Crippen LogP contribution in [0.5, 0.6) is 0 Å². The Morgan fingerprint density at radius 3 is 2.29 bits per heavy atom. The van der Waals surface area contributed by atoms with Gasteiger partial charge in [-0.25, -0.2) is 0 Å². The maximum atomic E-state index is 6.23. The number of nitrogens with two attached hydrogens (primary N) is 1. The topological polar surface area (TPSA) is 62.8 Å². The van der Waals surface area contributed by atoms with Crippen molar-refractivity contribution in [3.8, 4) is 0 Å². The number of anilines is 3. The molecule has 1 heterocycles. The lowest BCUT2D eigenvalue weighted by Crippen LogP contribution is -1.97. The summed E-state index contributed by atoms with van der Waals surface area (Å²) < 4.78 is 8.34. The van der Waals surface area contributed by atoms with Gasteiger partial charge in [0.05, 0.1) is 48.5 Å². The van der Waals surface area contributed by atoms with Gasteiger partial charge >= 0.3 is 0 Å². The number of benzene rings is 2. The second-order valence-corrected chi connectivity index (χ2v) is 6.31. The third-order valence-electron chi connectivity index (χ3n) is 2.80. The molecule has 2 aromatic rings. The summed E-state index contributed by atoms with van der Waals surface area (Å²) in [5, 5.41) is 4.72. The Bertz CT molecular complexity index is 831. The summed E-state index contributed by atoms with van der Waals surface area (Å²) in [6.07, 6.45) is 0. The minimum Gasteiger partial charge on any atom is -0.397 e. The molecule has 1 aliphatic heterocycles. The van der Waals surface area contributed by atoms with Crippen LogP contribution in [0.2, 0.25) is 20.1 Å². The molecule has 4 nitrogen and oxygen atoms in total. The summed E-state index contributed by atoms with van der Waals surface area (Å²) in [6, 6.07) is 4.78. The van der Waals surface area contributed by atoms with Gasteiger partial charge in [-0.1, -0.05) is 46.4 Å². The molecule has 3 rings (SSSR count). The zero-order valence-corrected chi connectivity index (χ0v) is 14.0. The first-order valence-electron chi connectivity index (χ1n) is 5.59. The third kappa shape index (κ3) is 2.72. The van der Waals surface area contributed by atoms with Gasteiger partial charge in [-0.05, 0) is 18.2 Å². The molecule has 9 heteroatoms. The molecule has 0 saturated carbocycles. The van der Waals surface area contributed by atoms with Crippen molar-refractivity contribution >= 4 is 86.2 Å². The Balaban J connectivity index is 2.10. The number of hydrogen-bond donors (Lipinski definition) is 2. The molecule has 21 heavy (non-hydrogen) atoms. The van der Waals surface area contributed by atoms with Gasteiger partial charge in [0.2, 0.25) is 0 Å². The lowest BCUT2D eigenvalue weighted by molar-refractivity contribution is 1.49. The van der Waals surface area contributed by atoms with Gasteiger partial charge in [-0.3, -0.25) is 0 Å². The van der Waals surface area contributed by atoms with E-state index in [1.165, 1.54) is 0 Å². The number of nitrogens with one attached hydrogen (secondary N) is 1. The monoisotopic (exact) mass is 378 g/mol. The molecule has 0 radical (unpaired) electrons. The van der Waals surface area contributed by atoms with E-state index in [0.717, 1.165) is 11.4 Å². The fourth-order valence-corrected chi connectivity index (χ4v) is 3.29. The predicted molar refractivity (Wildman–Crippen MR) is 92.2 cm³/mol. The SMILES string of the molecule is Nc1cc(Cl)c(Cl)cc1Nc1c(Cl)cc(Cl)c2c1N=S=N2. The van der Waals surface area contributed by atoms with E-state index in [0.29, 0.717) is 48.5 Å². The van der Waals surface area contributed by atoms with Gasteiger partial charge in [0.1, 0.15) is 11.4 Å². The first kappa shape index (κ1) is 14.9. The normalized spacial score (nSPS) is 12.2. The molecule has 0 aliphatic carbocycles. The largest absolute Gasteiger partial charge is 0.397 e. The fraction of sp³-hybridized carbons (Fsp3) is 0. The average Bonchev–Trinajstić information content (AvgIpc) is 2.90. The highest BCUT2D eigenvalue weighted by Gasteiger charge is 2.19. The maximum absolute atomic E-state index is 6.23. The van der Waals surface area contributed by atoms with Crippen LogP contribution in [0.4, 0.5) is 28.4 Å². The lowest BCUT2D eigenvalue weighted by atomic mass is 10.2. The zero-order chi connectivity index (χ0) is 15.1. The minimum absolute atomic E-state index is 0.377. The van der Waals surface area contributed by atoms with Crippen LogP contribution in [0.3, 0.4) is 0 Å². The van der Waals surface area contributed by atoms with Crippen molar-refractivity contribution in [2.45, 2.75) is 0 Å². The standard InChI is InChI=1S/C12H6Cl4N4S/c13-4-2-8(17)9(3-5(4)14)18-10-6(15)1-7(16)11-12(10)20-21-19-11/h1-3,18H,17H2. The summed E-state index contributed by atoms with van der Waals surface area (Å²) in [6.45, 7) is 0. The number of nitrogens with zero attached hydrogens (tertiary/aromatic N) is 2. The highest BCUT2D eigenvalue weighted by molar-refractivity contribution is 7.58. The summed E-state index contributed by atoms with van der Waals surface area (Å²) in [5.74, 6) is 0. The van der Waals surface area contributed by atoms with Crippen LogP contribution in [0.25, 0.3) is 0 Å². The summed E-state index contributed by atoms with van der Waals surface area (Å²) in [7, 11) is 0. The molecule has 0 amide bonds. The van der Waals surface area contributed by atoms with Crippen molar-refractivity contribution in [2.24, 2.45) is 8.73 Å². The Morgan fingerprint density at radius 1 is 0.857 bits per heavy atom. The van der Waals surface area contributed by atoms with E-state index in [4.69, 9.17) is 52.1 Å². The van der Waals surface area contributed by atoms with Crippen LogP contribution in [-0.2, 0) is 11.4 Å². The van der Waals surface area contributed by atoms with Crippen LogP contribution >= 0.6 is 46.4 Å². The first-order chi connectivity index (χ1) is 9.97. The fourth-order valence-electron chi connectivity index (χ4n) is 1.80. The molecule has 2 aromatic carbocycles. The van der Waals surface area contributed by atoms with Crippen molar-refractivity contribution in [1.82, 2.24) is 0 Å². The van der Waals surface area contributed by atoms with Gasteiger partial charge in [-0.2, -0.15) is 8.73 Å². The summed E-state index contributed by atoms with van der Waals surface area (Å²) in [5.41, 5.74) is 8.65. The van der Waals surface area contributed by atoms with E-state index in [9.17, 15) is 0 Å². The van der Waals surface area contributed by atoms with Gasteiger partial charge in [0.15, 0.2) is 0 Å². The van der Waals surface area contributed by atoms with E-state index in [2.05, 4.69) is 14.0 Å². The highest BCUT2D eigenvalue weighted by Crippen LogP contribution is 2.49. The molecule has 0 atom stereocenters. The van der Waals surface area contributed by atoms with E-state index in [-0.39, 0.29) is 0 Å². The number of fused-ring (bicyclic) bond motifs is 1. The molecule has 0 aromatic heterocycles. The number of halogens is 4. The van der Waals surface area contributed by atoms with E-state index < -0.39 is 0 Å². The van der Waals surface area contributed by atoms with Gasteiger partial charge in [0, 0.05) is 0 Å². The number of nitrogen functional groups attached to an aromatic ring is 1. The quantitative estimate of drug-likeness (QED) is 0.509. The van der Waals surface area contributed by atoms with Crippen molar-refractivity contribution in [2.75, 3.05) is 11.1 Å². The van der Waals surface area contributed by atoms with E-state index >= 15 is 0 Å². The molecular formula is C12H6Cl4N4S. The van der Waals surface area contributed by atoms with E-state index in [1.807, 2.05) is 0 Å². The first-order valence-corrected chi connectivity index (χ1v) is 7.83. The Labute approximate surface area is 144 Å². The van der Waals surface area contributed by atoms with Gasteiger partial charge < -0.3 is 11.1 Å². The second-order valence-electron chi connectivity index (χ2n) is 4.16. The smallest absolute Gasteiger partial charge is 0.131 e. The Morgan fingerprint density at radius 2 is 1.52 bits per heavy atom. The molecule has 0 spiro atoms. The van der Waals surface area contributed by atoms with Gasteiger partial charge in [-0.15, -0.1) is 0 Å². The lowest BCUT2D eigenvalue weighted by Gasteiger charge is -2.14. The molecule has 3 N–H and O–H groups in total. The average molecular weight is 380 g/mol. The molecule has 1 aliphatic rings. The van der Waals surface area contributed by atoms with Crippen LogP contribution in [0, 0.1) is 0 Å². The van der Waals surface area contributed by atoms with Crippen molar-refractivity contribution in [1.29, 1.82) is 0 Å². The van der Waals surface area contributed by atoms with Gasteiger partial charge in [0.25, 0.3) is 0 Å². The number of rotatable bonds is 2. The predicted octanol–water partition coefficient (Wildman–Crippen LogP) is 6.35. The third-order valence-corrected chi connectivity index (χ3v) is 4.63. The van der Waals surface area contributed by atoms with Crippen molar-refractivity contribution in [3.05, 3.63) is 38.3 Å². The molecule has 0 unspecified atom stereocenters. The van der Waals surface area contributed by atoms with E-state index in [1.54, 1.807) is 18.2 Å². The maximum Gasteiger partial charge on any atom is 0.131 e. The Hall–Kier alpha value is -0.980. The summed E-state index contributed by atoms with van der Waals surface area (Å²) in [4.78, 5) is 0. The molecule has 108 valence electrons. The Kier molecular flexibility index (Phi) is 4.03. The zero-order valence-electron chi connectivity index (χ0n) is 10.1. The van der Waals surface area contributed by atoms with Crippen molar-refractivity contribution < 1.29 is 0 Å². The number of hydrogen-bond acceptors (Lipinski definition) is 4. The second kappa shape index (κ2) is 5.66. The van der Waals surface area contributed by atoms with Crippen LogP contribution in [-0.4, -0.2) is 0 Å². The molecular weight excluding hydrogens is 374 g/mol.